The molecule has 0 bridgehead atoms. The number of amides is 2. The Bertz CT molecular complexity index is 1150. The number of halogens is 1. The molecule has 7 nitrogen and oxygen atoms in total. The van der Waals surface area contributed by atoms with E-state index in [-0.39, 0.29) is 24.2 Å². The Morgan fingerprint density at radius 1 is 0.844 bits per heavy atom. The Balaban J connectivity index is 1.64. The lowest BCUT2D eigenvalue weighted by Gasteiger charge is -2.13. The van der Waals surface area contributed by atoms with Crippen LogP contribution in [0.3, 0.4) is 0 Å². The zero-order valence-electron chi connectivity index (χ0n) is 17.5. The molecule has 0 unspecified atom stereocenters. The predicted molar refractivity (Wildman–Crippen MR) is 126 cm³/mol. The molecule has 0 heterocycles. The number of hydrogen-bond acceptors (Lipinski definition) is 5. The number of benzene rings is 3. The van der Waals surface area contributed by atoms with Crippen molar-refractivity contribution in [3.63, 3.8) is 0 Å². The van der Waals surface area contributed by atoms with Gasteiger partial charge in [0.2, 0.25) is 0 Å². The van der Waals surface area contributed by atoms with Crippen LogP contribution < -0.4 is 20.1 Å². The van der Waals surface area contributed by atoms with Crippen LogP contribution in [0.4, 0.5) is 11.4 Å². The molecular formula is C24H21BrN2O5. The van der Waals surface area contributed by atoms with Crippen molar-refractivity contribution >= 4 is 44.9 Å². The molecule has 2 amide bonds. The van der Waals surface area contributed by atoms with Gasteiger partial charge in [-0.3, -0.25) is 14.4 Å². The average Bonchev–Trinajstić information content (AvgIpc) is 2.79. The second-order valence-electron chi connectivity index (χ2n) is 6.80. The van der Waals surface area contributed by atoms with Crippen LogP contribution in [0.1, 0.15) is 27.6 Å². The minimum Gasteiger partial charge on any atom is -0.493 e. The largest absolute Gasteiger partial charge is 0.493 e. The number of carbonyl (C=O) groups is 3. The normalized spacial score (nSPS) is 10.2. The monoisotopic (exact) mass is 496 g/mol. The molecule has 0 aliphatic heterocycles. The molecule has 0 aliphatic rings. The summed E-state index contributed by atoms with van der Waals surface area (Å²) in [5.74, 6) is -0.154. The maximum absolute atomic E-state index is 12.6. The summed E-state index contributed by atoms with van der Waals surface area (Å²) in [5, 5.41) is 5.48. The van der Waals surface area contributed by atoms with Gasteiger partial charge in [0.1, 0.15) is 0 Å². The molecule has 0 aliphatic carbocycles. The highest BCUT2D eigenvalue weighted by atomic mass is 79.9. The third-order valence-electron chi connectivity index (χ3n) is 4.44. The molecule has 0 atom stereocenters. The third kappa shape index (κ3) is 6.18. The van der Waals surface area contributed by atoms with Gasteiger partial charge in [-0.1, -0.05) is 28.1 Å². The van der Waals surface area contributed by atoms with E-state index < -0.39 is 0 Å². The lowest BCUT2D eigenvalue weighted by atomic mass is 10.1. The second kappa shape index (κ2) is 10.6. The van der Waals surface area contributed by atoms with Gasteiger partial charge in [-0.15, -0.1) is 0 Å². The Hall–Kier alpha value is -3.65. The first kappa shape index (κ1) is 23.0. The van der Waals surface area contributed by atoms with Gasteiger partial charge in [0.05, 0.1) is 7.11 Å². The van der Waals surface area contributed by atoms with Crippen molar-refractivity contribution in [2.75, 3.05) is 24.4 Å². The van der Waals surface area contributed by atoms with Crippen LogP contribution in [-0.2, 0) is 4.79 Å². The number of methoxy groups -OCH3 is 1. The molecule has 0 aromatic heterocycles. The molecule has 0 radical (unpaired) electrons. The average molecular weight is 497 g/mol. The Kier molecular flexibility index (Phi) is 7.62. The molecule has 32 heavy (non-hydrogen) atoms. The fourth-order valence-electron chi connectivity index (χ4n) is 2.82. The first-order chi connectivity index (χ1) is 15.4. The summed E-state index contributed by atoms with van der Waals surface area (Å²) >= 11 is 3.34. The maximum atomic E-state index is 12.6. The fraction of sp³-hybridized carbons (Fsp3) is 0.125. The van der Waals surface area contributed by atoms with Crippen LogP contribution in [0, 0.1) is 0 Å². The molecule has 0 saturated heterocycles. The molecule has 0 saturated carbocycles. The van der Waals surface area contributed by atoms with Crippen molar-refractivity contribution in [2.24, 2.45) is 0 Å². The van der Waals surface area contributed by atoms with Gasteiger partial charge in [-0.2, -0.15) is 0 Å². The van der Waals surface area contributed by atoms with Crippen LogP contribution in [0.2, 0.25) is 0 Å². The number of nitrogens with one attached hydrogen (secondary N) is 2. The van der Waals surface area contributed by atoms with Crippen LogP contribution in [0.15, 0.2) is 71.2 Å². The van der Waals surface area contributed by atoms with E-state index in [2.05, 4.69) is 26.6 Å². The van der Waals surface area contributed by atoms with E-state index in [9.17, 15) is 14.4 Å². The number of hydrogen-bond donors (Lipinski definition) is 2. The van der Waals surface area contributed by atoms with Gasteiger partial charge in [-0.25, -0.2) is 0 Å². The highest BCUT2D eigenvalue weighted by Crippen LogP contribution is 2.28. The fourth-order valence-corrected chi connectivity index (χ4v) is 3.09. The Morgan fingerprint density at radius 2 is 1.59 bits per heavy atom. The molecule has 3 aromatic carbocycles. The molecule has 0 spiro atoms. The molecular weight excluding hydrogens is 476 g/mol. The number of anilines is 2. The second-order valence-corrected chi connectivity index (χ2v) is 7.72. The van der Waals surface area contributed by atoms with E-state index in [1.54, 1.807) is 48.5 Å². The number of ketones is 1. The zero-order valence-corrected chi connectivity index (χ0v) is 19.1. The minimum atomic E-state index is -0.372. The Labute approximate surface area is 193 Å². The molecule has 0 fully saturated rings. The highest BCUT2D eigenvalue weighted by molar-refractivity contribution is 9.10. The molecule has 3 aromatic rings. The summed E-state index contributed by atoms with van der Waals surface area (Å²) in [6.45, 7) is 1.24. The first-order valence-corrected chi connectivity index (χ1v) is 10.4. The van der Waals surface area contributed by atoms with Crippen LogP contribution in [-0.4, -0.2) is 31.3 Å². The van der Waals surface area contributed by atoms with Crippen molar-refractivity contribution in [2.45, 2.75) is 6.92 Å². The van der Waals surface area contributed by atoms with Crippen LogP contribution >= 0.6 is 15.9 Å². The number of ether oxygens (including phenoxy) is 2. The molecule has 8 heteroatoms. The van der Waals surface area contributed by atoms with Gasteiger partial charge in [0.25, 0.3) is 11.8 Å². The van der Waals surface area contributed by atoms with E-state index in [1.165, 1.54) is 20.1 Å². The summed E-state index contributed by atoms with van der Waals surface area (Å²) in [4.78, 5) is 36.3. The van der Waals surface area contributed by atoms with Crippen molar-refractivity contribution in [1.29, 1.82) is 0 Å². The van der Waals surface area contributed by atoms with E-state index in [0.717, 1.165) is 4.47 Å². The van der Waals surface area contributed by atoms with E-state index in [0.29, 0.717) is 34.0 Å². The van der Waals surface area contributed by atoms with E-state index in [1.807, 2.05) is 12.1 Å². The van der Waals surface area contributed by atoms with Crippen molar-refractivity contribution in [1.82, 2.24) is 0 Å². The molecule has 164 valence electrons. The third-order valence-corrected chi connectivity index (χ3v) is 4.97. The summed E-state index contributed by atoms with van der Waals surface area (Å²) in [5.41, 5.74) is 1.99. The zero-order chi connectivity index (χ0) is 23.1. The summed E-state index contributed by atoms with van der Waals surface area (Å²) < 4.78 is 11.8. The van der Waals surface area contributed by atoms with Gasteiger partial charge in [0, 0.05) is 27.0 Å². The molecule has 2 N–H and O–H groups in total. The summed E-state index contributed by atoms with van der Waals surface area (Å²) in [7, 11) is 1.45. The molecule has 3 rings (SSSR count). The van der Waals surface area contributed by atoms with Gasteiger partial charge < -0.3 is 20.1 Å². The van der Waals surface area contributed by atoms with Crippen molar-refractivity contribution < 1.29 is 23.9 Å². The van der Waals surface area contributed by atoms with Crippen molar-refractivity contribution in [3.8, 4) is 11.5 Å². The summed E-state index contributed by atoms with van der Waals surface area (Å²) in [6.07, 6.45) is 0. The SMILES string of the molecule is COc1cc(C(=O)Nc2cccc(C(C)=O)c2)ccc1OCC(=O)Nc1ccc(Br)cc1. The number of rotatable bonds is 8. The number of carbonyl (C=O) groups excluding carboxylic acids is 3. The summed E-state index contributed by atoms with van der Waals surface area (Å²) in [6, 6.07) is 18.5. The van der Waals surface area contributed by atoms with E-state index in [4.69, 9.17) is 9.47 Å². The van der Waals surface area contributed by atoms with Gasteiger partial charge in [-0.05, 0) is 61.5 Å². The lowest BCUT2D eigenvalue weighted by Crippen LogP contribution is -2.20. The first-order valence-electron chi connectivity index (χ1n) is 9.64. The standard InChI is InChI=1S/C24H21BrN2O5/c1-15(28)16-4-3-5-20(12-16)27-24(30)17-6-11-21(22(13-17)31-2)32-14-23(29)26-19-9-7-18(25)8-10-19/h3-13H,14H2,1-2H3,(H,26,29)(H,27,30). The van der Waals surface area contributed by atoms with Gasteiger partial charge in [0.15, 0.2) is 23.9 Å². The number of Topliss-reactive ketones (excluding diaryl/α,β-unsaturated/α-hetero) is 1. The predicted octanol–water partition coefficient (Wildman–Crippen LogP) is 4.93. The topological polar surface area (TPSA) is 93.7 Å². The van der Waals surface area contributed by atoms with E-state index >= 15 is 0 Å². The lowest BCUT2D eigenvalue weighted by molar-refractivity contribution is -0.118. The van der Waals surface area contributed by atoms with Crippen LogP contribution in [0.5, 0.6) is 11.5 Å². The van der Waals surface area contributed by atoms with Crippen molar-refractivity contribution in [3.05, 3.63) is 82.3 Å². The minimum absolute atomic E-state index is 0.0894. The highest BCUT2D eigenvalue weighted by Gasteiger charge is 2.13. The smallest absolute Gasteiger partial charge is 0.262 e. The Morgan fingerprint density at radius 3 is 2.28 bits per heavy atom. The maximum Gasteiger partial charge on any atom is 0.262 e. The quantitative estimate of drug-likeness (QED) is 0.431. The van der Waals surface area contributed by atoms with Gasteiger partial charge >= 0.3 is 0 Å². The van der Waals surface area contributed by atoms with Crippen LogP contribution in [0.25, 0.3) is 0 Å².